The molecule has 0 aliphatic carbocycles. The fourth-order valence-electron chi connectivity index (χ4n) is 1.72. The average Bonchev–Trinajstić information content (AvgIpc) is 2.95. The largest absolute Gasteiger partial charge is 0.416 e. The first-order valence-corrected chi connectivity index (χ1v) is 7.51. The number of amides is 1. The monoisotopic (exact) mass is 338 g/mol. The molecule has 1 N–H and O–H groups in total. The first kappa shape index (κ1) is 17.0. The van der Waals surface area contributed by atoms with Crippen LogP contribution in [0.15, 0.2) is 53.9 Å². The zero-order valence-electron chi connectivity index (χ0n) is 12.1. The predicted octanol–water partition coefficient (Wildman–Crippen LogP) is 4.90. The van der Waals surface area contributed by atoms with Crippen LogP contribution in [0.5, 0.6) is 0 Å². The van der Waals surface area contributed by atoms with Crippen LogP contribution in [0.25, 0.3) is 11.3 Å². The van der Waals surface area contributed by atoms with Gasteiger partial charge in [-0.3, -0.25) is 10.1 Å². The average molecular weight is 338 g/mol. The van der Waals surface area contributed by atoms with Crippen molar-refractivity contribution in [1.29, 1.82) is 0 Å². The molecule has 1 aromatic carbocycles. The first-order chi connectivity index (χ1) is 10.9. The highest BCUT2D eigenvalue weighted by atomic mass is 32.1. The molecular formula is C16H13F3N2OS. The third kappa shape index (κ3) is 4.79. The smallest absolute Gasteiger partial charge is 0.298 e. The van der Waals surface area contributed by atoms with Crippen molar-refractivity contribution in [2.45, 2.75) is 13.1 Å². The number of rotatable bonds is 4. The van der Waals surface area contributed by atoms with Crippen LogP contribution in [0, 0.1) is 0 Å². The van der Waals surface area contributed by atoms with Gasteiger partial charge in [0, 0.05) is 17.0 Å². The van der Waals surface area contributed by atoms with Crippen LogP contribution >= 0.6 is 11.3 Å². The van der Waals surface area contributed by atoms with E-state index in [1.165, 1.54) is 12.1 Å². The summed E-state index contributed by atoms with van der Waals surface area (Å²) in [4.78, 5) is 15.7. The number of nitrogens with one attached hydrogen (secondary N) is 1. The molecule has 1 aromatic heterocycles. The molecule has 0 aliphatic rings. The molecule has 0 saturated carbocycles. The number of anilines is 1. The van der Waals surface area contributed by atoms with Crippen LogP contribution in [0.1, 0.15) is 12.5 Å². The molecule has 120 valence electrons. The fourth-order valence-corrected chi connectivity index (χ4v) is 2.44. The highest BCUT2D eigenvalue weighted by molar-refractivity contribution is 7.14. The minimum Gasteiger partial charge on any atom is -0.298 e. The number of hydrogen-bond donors (Lipinski definition) is 1. The third-order valence-electron chi connectivity index (χ3n) is 2.77. The van der Waals surface area contributed by atoms with Crippen LogP contribution < -0.4 is 5.32 Å². The lowest BCUT2D eigenvalue weighted by atomic mass is 10.1. The maximum absolute atomic E-state index is 12.7. The van der Waals surface area contributed by atoms with Crippen molar-refractivity contribution < 1.29 is 18.0 Å². The van der Waals surface area contributed by atoms with Crippen LogP contribution in [0.4, 0.5) is 18.3 Å². The fraction of sp³-hybridized carbons (Fsp3) is 0.125. The Morgan fingerprint density at radius 2 is 2.09 bits per heavy atom. The first-order valence-electron chi connectivity index (χ1n) is 6.63. The number of carbonyl (C=O) groups excluding carboxylic acids is 1. The Hall–Kier alpha value is -2.41. The van der Waals surface area contributed by atoms with Crippen LogP contribution in [-0.4, -0.2) is 10.9 Å². The van der Waals surface area contributed by atoms with Crippen LogP contribution in [-0.2, 0) is 11.0 Å². The third-order valence-corrected chi connectivity index (χ3v) is 3.53. The quantitative estimate of drug-likeness (QED) is 0.636. The number of hydrogen-bond acceptors (Lipinski definition) is 3. The van der Waals surface area contributed by atoms with E-state index in [4.69, 9.17) is 0 Å². The van der Waals surface area contributed by atoms with Gasteiger partial charge in [-0.2, -0.15) is 13.2 Å². The Kier molecular flexibility index (Phi) is 5.33. The Labute approximate surface area is 135 Å². The highest BCUT2D eigenvalue weighted by Crippen LogP contribution is 2.33. The summed E-state index contributed by atoms with van der Waals surface area (Å²) in [5, 5.41) is 4.49. The summed E-state index contributed by atoms with van der Waals surface area (Å²) in [7, 11) is 0. The summed E-state index contributed by atoms with van der Waals surface area (Å²) in [6.45, 7) is 1.82. The summed E-state index contributed by atoms with van der Waals surface area (Å²) in [6, 6.07) is 4.91. The molecule has 0 unspecified atom stereocenters. The topological polar surface area (TPSA) is 42.0 Å². The second kappa shape index (κ2) is 7.23. The maximum Gasteiger partial charge on any atom is 0.416 e. The van der Waals surface area contributed by atoms with Gasteiger partial charge in [0.2, 0.25) is 5.91 Å². The number of carbonyl (C=O) groups is 1. The molecule has 1 amide bonds. The van der Waals surface area contributed by atoms with E-state index < -0.39 is 11.7 Å². The van der Waals surface area contributed by atoms with E-state index in [0.29, 0.717) is 16.4 Å². The zero-order valence-corrected chi connectivity index (χ0v) is 12.9. The van der Waals surface area contributed by atoms with E-state index in [0.717, 1.165) is 23.5 Å². The number of thiazole rings is 1. The van der Waals surface area contributed by atoms with Gasteiger partial charge in [-0.25, -0.2) is 4.98 Å². The van der Waals surface area contributed by atoms with E-state index in [2.05, 4.69) is 10.3 Å². The Morgan fingerprint density at radius 3 is 2.78 bits per heavy atom. The molecule has 0 spiro atoms. The van der Waals surface area contributed by atoms with Crippen molar-refractivity contribution in [3.05, 3.63) is 59.5 Å². The van der Waals surface area contributed by atoms with E-state index >= 15 is 0 Å². The van der Waals surface area contributed by atoms with Gasteiger partial charge in [-0.15, -0.1) is 11.3 Å². The van der Waals surface area contributed by atoms with Crippen molar-refractivity contribution in [3.8, 4) is 11.3 Å². The van der Waals surface area contributed by atoms with Gasteiger partial charge in [0.05, 0.1) is 11.3 Å². The van der Waals surface area contributed by atoms with Gasteiger partial charge in [0.15, 0.2) is 5.13 Å². The Balaban J connectivity index is 2.15. The molecule has 7 heteroatoms. The van der Waals surface area contributed by atoms with Gasteiger partial charge in [0.1, 0.15) is 0 Å². The maximum atomic E-state index is 12.7. The molecule has 0 atom stereocenters. The second-order valence-corrected chi connectivity index (χ2v) is 5.35. The molecule has 2 rings (SSSR count). The van der Waals surface area contributed by atoms with Crippen LogP contribution in [0.2, 0.25) is 0 Å². The van der Waals surface area contributed by atoms with Crippen molar-refractivity contribution in [2.24, 2.45) is 0 Å². The molecule has 3 nitrogen and oxygen atoms in total. The minimum absolute atomic E-state index is 0.326. The van der Waals surface area contributed by atoms with Gasteiger partial charge in [0.25, 0.3) is 0 Å². The van der Waals surface area contributed by atoms with E-state index in [9.17, 15) is 18.0 Å². The molecule has 0 saturated heterocycles. The Bertz CT molecular complexity index is 748. The number of aromatic nitrogens is 1. The van der Waals surface area contributed by atoms with Crippen molar-refractivity contribution in [2.75, 3.05) is 5.32 Å². The SMILES string of the molecule is CC=CC=CC(=O)Nc1nc(-c2cccc(C(F)(F)F)c2)cs1. The van der Waals surface area contributed by atoms with E-state index in [1.54, 1.807) is 29.7 Å². The summed E-state index contributed by atoms with van der Waals surface area (Å²) >= 11 is 1.15. The predicted molar refractivity (Wildman–Crippen MR) is 85.1 cm³/mol. The summed E-state index contributed by atoms with van der Waals surface area (Å²) in [5.41, 5.74) is -0.00209. The number of halogens is 3. The summed E-state index contributed by atoms with van der Waals surface area (Å²) in [6.07, 6.45) is 2.00. The molecule has 2 aromatic rings. The Morgan fingerprint density at radius 1 is 1.30 bits per heavy atom. The molecule has 23 heavy (non-hydrogen) atoms. The summed E-state index contributed by atoms with van der Waals surface area (Å²) in [5.74, 6) is -0.354. The number of allylic oxidation sites excluding steroid dienone is 3. The molecule has 0 fully saturated rings. The van der Waals surface area contributed by atoms with E-state index in [1.807, 2.05) is 6.92 Å². The van der Waals surface area contributed by atoms with Crippen LogP contribution in [0.3, 0.4) is 0 Å². The summed E-state index contributed by atoms with van der Waals surface area (Å²) < 4.78 is 38.2. The van der Waals surface area contributed by atoms with Crippen molar-refractivity contribution >= 4 is 22.4 Å². The van der Waals surface area contributed by atoms with Gasteiger partial charge in [-0.1, -0.05) is 30.4 Å². The number of alkyl halides is 3. The van der Waals surface area contributed by atoms with Crippen molar-refractivity contribution in [1.82, 2.24) is 4.98 Å². The molecule has 0 aliphatic heterocycles. The number of benzene rings is 1. The second-order valence-electron chi connectivity index (χ2n) is 4.49. The van der Waals surface area contributed by atoms with Gasteiger partial charge in [-0.05, 0) is 19.1 Å². The molecule has 0 radical (unpaired) electrons. The van der Waals surface area contributed by atoms with E-state index in [-0.39, 0.29) is 5.91 Å². The normalized spacial score (nSPS) is 12.2. The molecule has 1 heterocycles. The minimum atomic E-state index is -4.40. The van der Waals surface area contributed by atoms with Gasteiger partial charge >= 0.3 is 6.18 Å². The number of nitrogens with zero attached hydrogens (tertiary/aromatic N) is 1. The molecule has 0 bridgehead atoms. The molecular weight excluding hydrogens is 325 g/mol. The van der Waals surface area contributed by atoms with Crippen molar-refractivity contribution in [3.63, 3.8) is 0 Å². The van der Waals surface area contributed by atoms with Gasteiger partial charge < -0.3 is 0 Å². The lowest BCUT2D eigenvalue weighted by Crippen LogP contribution is -2.07. The highest BCUT2D eigenvalue weighted by Gasteiger charge is 2.30. The lowest BCUT2D eigenvalue weighted by molar-refractivity contribution is -0.137. The lowest BCUT2D eigenvalue weighted by Gasteiger charge is -2.07. The standard InChI is InChI=1S/C16H13F3N2OS/c1-2-3-4-8-14(22)21-15-20-13(10-23-15)11-6-5-7-12(9-11)16(17,18)19/h2-10H,1H3,(H,20,21,22). The zero-order chi connectivity index (χ0) is 16.9.